The fraction of sp³-hybridized carbons (Fsp3) is 0.786. The number of rotatable bonds is 6. The van der Waals surface area contributed by atoms with Gasteiger partial charge in [0.05, 0.1) is 19.0 Å². The van der Waals surface area contributed by atoms with E-state index >= 15 is 0 Å². The molecule has 102 valence electrons. The predicted octanol–water partition coefficient (Wildman–Crippen LogP) is 2.55. The maximum Gasteiger partial charge on any atom is 0.160 e. The van der Waals surface area contributed by atoms with Gasteiger partial charge in [-0.15, -0.1) is 0 Å². The molecule has 1 aromatic heterocycles. The lowest BCUT2D eigenvalue weighted by molar-refractivity contribution is 0.399. The molecule has 2 unspecified atom stereocenters. The van der Waals surface area contributed by atoms with Crippen LogP contribution in [0.2, 0.25) is 0 Å². The first-order valence-electron chi connectivity index (χ1n) is 7.13. The van der Waals surface area contributed by atoms with Crippen LogP contribution in [-0.4, -0.2) is 29.5 Å². The molecular weight excluding hydrogens is 226 g/mol. The van der Waals surface area contributed by atoms with Crippen LogP contribution < -0.4 is 10.1 Å². The highest BCUT2D eigenvalue weighted by Gasteiger charge is 2.30. The SMILES string of the molecule is CCCn1ncc(OC)c1C1CCC(NCC)C1. The molecule has 0 aromatic carbocycles. The standard InChI is InChI=1S/C14H25N3O/c1-4-8-17-14(13(18-3)10-16-17)11-6-7-12(9-11)15-5-2/h10-12,15H,4-9H2,1-3H3. The summed E-state index contributed by atoms with van der Waals surface area (Å²) in [6.07, 6.45) is 6.69. The van der Waals surface area contributed by atoms with Gasteiger partial charge in [0, 0.05) is 18.5 Å². The minimum atomic E-state index is 0.595. The lowest BCUT2D eigenvalue weighted by Crippen LogP contribution is -2.25. The van der Waals surface area contributed by atoms with E-state index in [9.17, 15) is 0 Å². The van der Waals surface area contributed by atoms with Gasteiger partial charge >= 0.3 is 0 Å². The van der Waals surface area contributed by atoms with Crippen LogP contribution in [-0.2, 0) is 6.54 Å². The van der Waals surface area contributed by atoms with Gasteiger partial charge in [0.25, 0.3) is 0 Å². The van der Waals surface area contributed by atoms with Gasteiger partial charge in [-0.25, -0.2) is 0 Å². The molecule has 4 nitrogen and oxygen atoms in total. The topological polar surface area (TPSA) is 39.1 Å². The van der Waals surface area contributed by atoms with E-state index < -0.39 is 0 Å². The van der Waals surface area contributed by atoms with E-state index in [1.54, 1.807) is 7.11 Å². The second-order valence-corrected chi connectivity index (χ2v) is 5.09. The van der Waals surface area contributed by atoms with Crippen molar-refractivity contribution in [1.29, 1.82) is 0 Å². The average molecular weight is 251 g/mol. The van der Waals surface area contributed by atoms with Gasteiger partial charge in [0.15, 0.2) is 5.75 Å². The van der Waals surface area contributed by atoms with E-state index in [0.717, 1.165) is 25.3 Å². The minimum absolute atomic E-state index is 0.595. The van der Waals surface area contributed by atoms with E-state index in [0.29, 0.717) is 12.0 Å². The molecule has 1 fully saturated rings. The second-order valence-electron chi connectivity index (χ2n) is 5.09. The molecule has 1 aliphatic carbocycles. The highest BCUT2D eigenvalue weighted by atomic mass is 16.5. The Bertz CT molecular complexity index is 375. The smallest absolute Gasteiger partial charge is 0.160 e. The van der Waals surface area contributed by atoms with Crippen molar-refractivity contribution in [2.45, 2.75) is 58.0 Å². The first-order chi connectivity index (χ1) is 8.80. The molecule has 4 heteroatoms. The molecule has 1 saturated carbocycles. The van der Waals surface area contributed by atoms with E-state index in [4.69, 9.17) is 4.74 Å². The first-order valence-corrected chi connectivity index (χ1v) is 7.13. The Morgan fingerprint density at radius 2 is 2.28 bits per heavy atom. The maximum absolute atomic E-state index is 5.48. The fourth-order valence-electron chi connectivity index (χ4n) is 3.04. The van der Waals surface area contributed by atoms with E-state index in [1.165, 1.54) is 25.0 Å². The average Bonchev–Trinajstić information content (AvgIpc) is 2.96. The van der Waals surface area contributed by atoms with Crippen LogP contribution in [0.5, 0.6) is 5.75 Å². The molecule has 1 N–H and O–H groups in total. The number of aryl methyl sites for hydroxylation is 1. The molecule has 0 saturated heterocycles. The molecule has 0 amide bonds. The number of nitrogens with zero attached hydrogens (tertiary/aromatic N) is 2. The van der Waals surface area contributed by atoms with Gasteiger partial charge in [-0.05, 0) is 32.2 Å². The third-order valence-electron chi connectivity index (χ3n) is 3.81. The summed E-state index contributed by atoms with van der Waals surface area (Å²) in [5, 5.41) is 8.02. The molecule has 0 spiro atoms. The van der Waals surface area contributed by atoms with Crippen molar-refractivity contribution in [3.63, 3.8) is 0 Å². The molecule has 2 atom stereocenters. The summed E-state index contributed by atoms with van der Waals surface area (Å²) >= 11 is 0. The Labute approximate surface area is 110 Å². The highest BCUT2D eigenvalue weighted by Crippen LogP contribution is 2.38. The number of hydrogen-bond acceptors (Lipinski definition) is 3. The van der Waals surface area contributed by atoms with Crippen molar-refractivity contribution in [2.75, 3.05) is 13.7 Å². The zero-order chi connectivity index (χ0) is 13.0. The van der Waals surface area contributed by atoms with Crippen LogP contribution >= 0.6 is 0 Å². The number of methoxy groups -OCH3 is 1. The molecular formula is C14H25N3O. The summed E-state index contributed by atoms with van der Waals surface area (Å²) in [7, 11) is 1.74. The van der Waals surface area contributed by atoms with E-state index in [-0.39, 0.29) is 0 Å². The van der Waals surface area contributed by atoms with E-state index in [1.807, 2.05) is 6.20 Å². The van der Waals surface area contributed by atoms with Crippen LogP contribution in [0.25, 0.3) is 0 Å². The molecule has 0 bridgehead atoms. The Morgan fingerprint density at radius 1 is 1.44 bits per heavy atom. The van der Waals surface area contributed by atoms with Crippen molar-refractivity contribution in [1.82, 2.24) is 15.1 Å². The molecule has 1 aromatic rings. The van der Waals surface area contributed by atoms with Crippen LogP contribution in [0.15, 0.2) is 6.20 Å². The largest absolute Gasteiger partial charge is 0.493 e. The van der Waals surface area contributed by atoms with Crippen molar-refractivity contribution in [2.24, 2.45) is 0 Å². The monoisotopic (exact) mass is 251 g/mol. The highest BCUT2D eigenvalue weighted by molar-refractivity contribution is 5.29. The Balaban J connectivity index is 2.14. The molecule has 1 heterocycles. The maximum atomic E-state index is 5.48. The van der Waals surface area contributed by atoms with Gasteiger partial charge in [-0.1, -0.05) is 13.8 Å². The van der Waals surface area contributed by atoms with Crippen LogP contribution in [0, 0.1) is 0 Å². The zero-order valence-corrected chi connectivity index (χ0v) is 11.8. The number of ether oxygens (including phenoxy) is 1. The van der Waals surface area contributed by atoms with Crippen LogP contribution in [0.1, 0.15) is 51.1 Å². The third-order valence-corrected chi connectivity index (χ3v) is 3.81. The second kappa shape index (κ2) is 6.23. The Hall–Kier alpha value is -1.03. The lowest BCUT2D eigenvalue weighted by Gasteiger charge is -2.15. The molecule has 0 radical (unpaired) electrons. The number of hydrogen-bond donors (Lipinski definition) is 1. The summed E-state index contributed by atoms with van der Waals surface area (Å²) < 4.78 is 7.61. The number of nitrogens with one attached hydrogen (secondary N) is 1. The third kappa shape index (κ3) is 2.69. The molecule has 18 heavy (non-hydrogen) atoms. The normalized spacial score (nSPS) is 23.5. The summed E-state index contributed by atoms with van der Waals surface area (Å²) in [5.74, 6) is 1.56. The van der Waals surface area contributed by atoms with Crippen molar-refractivity contribution < 1.29 is 4.74 Å². The number of aromatic nitrogens is 2. The van der Waals surface area contributed by atoms with Crippen molar-refractivity contribution >= 4 is 0 Å². The zero-order valence-electron chi connectivity index (χ0n) is 11.8. The molecule has 1 aliphatic rings. The molecule has 2 rings (SSSR count). The Kier molecular flexibility index (Phi) is 4.64. The summed E-state index contributed by atoms with van der Waals surface area (Å²) in [5.41, 5.74) is 1.31. The van der Waals surface area contributed by atoms with Gasteiger partial charge < -0.3 is 10.1 Å². The first kappa shape index (κ1) is 13.4. The van der Waals surface area contributed by atoms with Crippen molar-refractivity contribution in [3.05, 3.63) is 11.9 Å². The Morgan fingerprint density at radius 3 is 2.94 bits per heavy atom. The van der Waals surface area contributed by atoms with Crippen LogP contribution in [0.3, 0.4) is 0 Å². The summed E-state index contributed by atoms with van der Waals surface area (Å²) in [6.45, 7) is 6.41. The van der Waals surface area contributed by atoms with E-state index in [2.05, 4.69) is 28.9 Å². The van der Waals surface area contributed by atoms with Crippen LogP contribution in [0.4, 0.5) is 0 Å². The summed E-state index contributed by atoms with van der Waals surface area (Å²) in [4.78, 5) is 0. The molecule has 0 aliphatic heterocycles. The minimum Gasteiger partial charge on any atom is -0.493 e. The quantitative estimate of drug-likeness (QED) is 0.844. The van der Waals surface area contributed by atoms with Crippen molar-refractivity contribution in [3.8, 4) is 5.75 Å². The van der Waals surface area contributed by atoms with Gasteiger partial charge in [0.2, 0.25) is 0 Å². The summed E-state index contributed by atoms with van der Waals surface area (Å²) in [6, 6.07) is 0.662. The van der Waals surface area contributed by atoms with Gasteiger partial charge in [-0.2, -0.15) is 5.10 Å². The predicted molar refractivity (Wildman–Crippen MR) is 73.1 cm³/mol. The fourth-order valence-corrected chi connectivity index (χ4v) is 3.04. The van der Waals surface area contributed by atoms with Gasteiger partial charge in [0.1, 0.15) is 0 Å². The van der Waals surface area contributed by atoms with Gasteiger partial charge in [-0.3, -0.25) is 4.68 Å². The lowest BCUT2D eigenvalue weighted by atomic mass is 10.0.